The molecular weight excluding hydrogens is 445 g/mol. The lowest BCUT2D eigenvalue weighted by molar-refractivity contribution is -0.139. The molecule has 0 fully saturated rings. The van der Waals surface area contributed by atoms with Crippen molar-refractivity contribution in [2.24, 2.45) is 0 Å². The van der Waals surface area contributed by atoms with Gasteiger partial charge in [0, 0.05) is 12.6 Å². The Balaban J connectivity index is 2.41. The first kappa shape index (κ1) is 26.3. The second-order valence-electron chi connectivity index (χ2n) is 8.60. The van der Waals surface area contributed by atoms with Gasteiger partial charge in [0.1, 0.15) is 18.4 Å². The molecule has 0 aliphatic heterocycles. The average Bonchev–Trinajstić information content (AvgIpc) is 2.68. The van der Waals surface area contributed by atoms with Crippen LogP contribution in [-0.2, 0) is 26.2 Å². The largest absolute Gasteiger partial charge is 0.352 e. The highest BCUT2D eigenvalue weighted by Gasteiger charge is 2.30. The van der Waals surface area contributed by atoms with Gasteiger partial charge in [0.05, 0.1) is 11.9 Å². The molecule has 0 bridgehead atoms. The summed E-state index contributed by atoms with van der Waals surface area (Å²) in [6, 6.07) is 9.90. The standard InChI is InChI=1S/C24H32FN3O4S/c1-16(2)26-24(30)19(5)27(14-20-7-9-21(25)10-8-20)23(29)15-28(33(6,31)32)22-12-17(3)11-18(4)13-22/h7-13,16,19H,14-15H2,1-6H3,(H,26,30)/t19-/m0/s1. The second kappa shape index (κ2) is 10.8. The zero-order valence-electron chi connectivity index (χ0n) is 19.9. The zero-order valence-corrected chi connectivity index (χ0v) is 20.7. The van der Waals surface area contributed by atoms with Crippen molar-refractivity contribution in [3.63, 3.8) is 0 Å². The van der Waals surface area contributed by atoms with Crippen LogP contribution < -0.4 is 9.62 Å². The maximum atomic E-state index is 13.4. The smallest absolute Gasteiger partial charge is 0.244 e. The third kappa shape index (κ3) is 7.56. The van der Waals surface area contributed by atoms with Crippen molar-refractivity contribution in [1.29, 1.82) is 0 Å². The lowest BCUT2D eigenvalue weighted by Crippen LogP contribution is -2.52. The summed E-state index contributed by atoms with van der Waals surface area (Å²) in [5.41, 5.74) is 2.72. The van der Waals surface area contributed by atoms with Crippen LogP contribution in [0, 0.1) is 19.7 Å². The molecule has 2 amide bonds. The molecule has 1 atom stereocenters. The highest BCUT2D eigenvalue weighted by Crippen LogP contribution is 2.22. The molecule has 0 unspecified atom stereocenters. The fourth-order valence-electron chi connectivity index (χ4n) is 3.48. The Morgan fingerprint density at radius 2 is 1.55 bits per heavy atom. The molecule has 0 saturated heterocycles. The van der Waals surface area contributed by atoms with Crippen LogP contribution in [0.2, 0.25) is 0 Å². The van der Waals surface area contributed by atoms with Gasteiger partial charge in [-0.25, -0.2) is 12.8 Å². The third-order valence-corrected chi connectivity index (χ3v) is 6.18. The van der Waals surface area contributed by atoms with Crippen LogP contribution in [0.25, 0.3) is 0 Å². The van der Waals surface area contributed by atoms with Gasteiger partial charge in [0.25, 0.3) is 0 Å². The Labute approximate surface area is 195 Å². The number of anilines is 1. The molecule has 0 aliphatic carbocycles. The van der Waals surface area contributed by atoms with Gasteiger partial charge in [0.15, 0.2) is 0 Å². The summed E-state index contributed by atoms with van der Waals surface area (Å²) in [4.78, 5) is 27.4. The van der Waals surface area contributed by atoms with E-state index in [1.165, 1.54) is 29.2 Å². The Kier molecular flexibility index (Phi) is 8.60. The van der Waals surface area contributed by atoms with E-state index in [2.05, 4.69) is 5.32 Å². The van der Waals surface area contributed by atoms with Gasteiger partial charge < -0.3 is 10.2 Å². The first-order valence-corrected chi connectivity index (χ1v) is 12.5. The van der Waals surface area contributed by atoms with Gasteiger partial charge in [-0.2, -0.15) is 0 Å². The molecule has 0 heterocycles. The summed E-state index contributed by atoms with van der Waals surface area (Å²) >= 11 is 0. The van der Waals surface area contributed by atoms with Crippen LogP contribution in [0.3, 0.4) is 0 Å². The number of rotatable bonds is 9. The summed E-state index contributed by atoms with van der Waals surface area (Å²) in [6.45, 7) is 8.44. The molecule has 180 valence electrons. The van der Waals surface area contributed by atoms with Crippen molar-refractivity contribution in [2.45, 2.75) is 53.2 Å². The molecule has 0 aliphatic rings. The Morgan fingerprint density at radius 1 is 1.00 bits per heavy atom. The van der Waals surface area contributed by atoms with Crippen LogP contribution in [0.5, 0.6) is 0 Å². The highest BCUT2D eigenvalue weighted by atomic mass is 32.2. The van der Waals surface area contributed by atoms with E-state index < -0.39 is 34.3 Å². The molecule has 1 N–H and O–H groups in total. The van der Waals surface area contributed by atoms with Gasteiger partial charge in [-0.15, -0.1) is 0 Å². The molecule has 0 radical (unpaired) electrons. The van der Waals surface area contributed by atoms with Gasteiger partial charge >= 0.3 is 0 Å². The molecule has 9 heteroatoms. The van der Waals surface area contributed by atoms with Crippen molar-refractivity contribution < 1.29 is 22.4 Å². The van der Waals surface area contributed by atoms with Gasteiger partial charge in [-0.05, 0) is 75.6 Å². The number of halogens is 1. The summed E-state index contributed by atoms with van der Waals surface area (Å²) < 4.78 is 39.6. The van der Waals surface area contributed by atoms with E-state index in [9.17, 15) is 22.4 Å². The number of hydrogen-bond acceptors (Lipinski definition) is 4. The predicted octanol–water partition coefficient (Wildman–Crippen LogP) is 3.15. The Bertz CT molecular complexity index is 1080. The second-order valence-corrected chi connectivity index (χ2v) is 10.5. The normalized spacial score (nSPS) is 12.4. The molecule has 2 aromatic rings. The number of carbonyl (C=O) groups excluding carboxylic acids is 2. The minimum atomic E-state index is -3.79. The van der Waals surface area contributed by atoms with Gasteiger partial charge in [0.2, 0.25) is 21.8 Å². The fraction of sp³-hybridized carbons (Fsp3) is 0.417. The van der Waals surface area contributed by atoms with E-state index in [0.717, 1.165) is 21.7 Å². The van der Waals surface area contributed by atoms with Crippen LogP contribution in [-0.4, -0.2) is 50.0 Å². The van der Waals surface area contributed by atoms with Crippen molar-refractivity contribution in [1.82, 2.24) is 10.2 Å². The van der Waals surface area contributed by atoms with Crippen LogP contribution in [0.1, 0.15) is 37.5 Å². The molecular formula is C24H32FN3O4S. The third-order valence-electron chi connectivity index (χ3n) is 5.04. The zero-order chi connectivity index (χ0) is 24.9. The van der Waals surface area contributed by atoms with Crippen molar-refractivity contribution in [2.75, 3.05) is 17.1 Å². The van der Waals surface area contributed by atoms with Crippen molar-refractivity contribution >= 4 is 27.5 Å². The van der Waals surface area contributed by atoms with Crippen LogP contribution >= 0.6 is 0 Å². The maximum absolute atomic E-state index is 13.4. The summed E-state index contributed by atoms with van der Waals surface area (Å²) in [5, 5.41) is 2.78. The molecule has 0 spiro atoms. The fourth-order valence-corrected chi connectivity index (χ4v) is 4.32. The number of sulfonamides is 1. The lowest BCUT2D eigenvalue weighted by Gasteiger charge is -2.32. The minimum Gasteiger partial charge on any atom is -0.352 e. The predicted molar refractivity (Wildman–Crippen MR) is 128 cm³/mol. The molecule has 0 saturated carbocycles. The van der Waals surface area contributed by atoms with Gasteiger partial charge in [-0.3, -0.25) is 13.9 Å². The summed E-state index contributed by atoms with van der Waals surface area (Å²) in [5.74, 6) is -1.33. The van der Waals surface area contributed by atoms with E-state index in [1.54, 1.807) is 19.1 Å². The molecule has 2 aromatic carbocycles. The van der Waals surface area contributed by atoms with Crippen molar-refractivity contribution in [3.05, 3.63) is 65.0 Å². The SMILES string of the molecule is Cc1cc(C)cc(N(CC(=O)N(Cc2ccc(F)cc2)[C@@H](C)C(=O)NC(C)C)S(C)(=O)=O)c1. The Morgan fingerprint density at radius 3 is 2.03 bits per heavy atom. The number of benzene rings is 2. The van der Waals surface area contributed by atoms with Crippen LogP contribution in [0.4, 0.5) is 10.1 Å². The lowest BCUT2D eigenvalue weighted by atomic mass is 10.1. The number of amides is 2. The number of hydrogen-bond donors (Lipinski definition) is 1. The maximum Gasteiger partial charge on any atom is 0.244 e. The van der Waals surface area contributed by atoms with E-state index in [0.29, 0.717) is 11.3 Å². The summed E-state index contributed by atoms with van der Waals surface area (Å²) in [6.07, 6.45) is 1.04. The first-order chi connectivity index (χ1) is 15.3. The Hall–Kier alpha value is -2.94. The quantitative estimate of drug-likeness (QED) is 0.601. The van der Waals surface area contributed by atoms with Crippen LogP contribution in [0.15, 0.2) is 42.5 Å². The molecule has 0 aromatic heterocycles. The van der Waals surface area contributed by atoms with E-state index in [4.69, 9.17) is 0 Å². The van der Waals surface area contributed by atoms with Gasteiger partial charge in [-0.1, -0.05) is 18.2 Å². The van der Waals surface area contributed by atoms with E-state index in [1.807, 2.05) is 33.8 Å². The molecule has 33 heavy (non-hydrogen) atoms. The highest BCUT2D eigenvalue weighted by molar-refractivity contribution is 7.92. The van der Waals surface area contributed by atoms with E-state index >= 15 is 0 Å². The van der Waals surface area contributed by atoms with Crippen molar-refractivity contribution in [3.8, 4) is 0 Å². The number of nitrogens with zero attached hydrogens (tertiary/aromatic N) is 2. The number of nitrogens with one attached hydrogen (secondary N) is 1. The number of carbonyl (C=O) groups is 2. The molecule has 2 rings (SSSR count). The first-order valence-electron chi connectivity index (χ1n) is 10.7. The topological polar surface area (TPSA) is 86.8 Å². The number of aryl methyl sites for hydroxylation is 2. The van der Waals surface area contributed by atoms with E-state index in [-0.39, 0.29) is 18.5 Å². The molecule has 7 nitrogen and oxygen atoms in total. The average molecular weight is 478 g/mol. The monoisotopic (exact) mass is 477 g/mol. The summed E-state index contributed by atoms with van der Waals surface area (Å²) in [7, 11) is -3.79. The minimum absolute atomic E-state index is 0.0240.